The SMILES string of the molecule is Cc1cc(C)c(N(C)C2CC2C(=O)O)cc1C. The molecule has 1 aliphatic rings. The molecule has 17 heavy (non-hydrogen) atoms. The quantitative estimate of drug-likeness (QED) is 0.872. The van der Waals surface area contributed by atoms with Crippen molar-refractivity contribution in [3.8, 4) is 0 Å². The molecule has 1 aliphatic carbocycles. The molecule has 92 valence electrons. The van der Waals surface area contributed by atoms with E-state index in [9.17, 15) is 4.79 Å². The van der Waals surface area contributed by atoms with E-state index in [0.29, 0.717) is 0 Å². The standard InChI is InChI=1S/C14H19NO2/c1-8-5-10(3)12(6-9(8)2)15(4)13-7-11(13)14(16)17/h5-6,11,13H,7H2,1-4H3,(H,16,17). The molecule has 1 N–H and O–H groups in total. The van der Waals surface area contributed by atoms with Crippen molar-refractivity contribution in [2.45, 2.75) is 33.2 Å². The predicted octanol–water partition coefficient (Wildman–Crippen LogP) is 2.52. The second kappa shape index (κ2) is 4.06. The van der Waals surface area contributed by atoms with Crippen LogP contribution in [0.4, 0.5) is 5.69 Å². The zero-order valence-electron chi connectivity index (χ0n) is 10.8. The number of nitrogens with zero attached hydrogens (tertiary/aromatic N) is 1. The zero-order valence-corrected chi connectivity index (χ0v) is 10.8. The summed E-state index contributed by atoms with van der Waals surface area (Å²) in [5.74, 6) is -0.871. The van der Waals surface area contributed by atoms with Gasteiger partial charge in [-0.15, -0.1) is 0 Å². The van der Waals surface area contributed by atoms with E-state index in [1.807, 2.05) is 7.05 Å². The molecule has 0 radical (unpaired) electrons. The molecule has 3 nitrogen and oxygen atoms in total. The third-order valence-electron chi connectivity index (χ3n) is 3.76. The number of aryl methyl sites for hydroxylation is 3. The van der Waals surface area contributed by atoms with Gasteiger partial charge in [0, 0.05) is 18.8 Å². The van der Waals surface area contributed by atoms with Crippen LogP contribution in [-0.2, 0) is 4.79 Å². The minimum atomic E-state index is -0.677. The summed E-state index contributed by atoms with van der Waals surface area (Å²) in [4.78, 5) is 13.0. The molecule has 0 saturated heterocycles. The van der Waals surface area contributed by atoms with Crippen LogP contribution in [0.3, 0.4) is 0 Å². The van der Waals surface area contributed by atoms with E-state index in [1.165, 1.54) is 16.7 Å². The number of carboxylic acids is 1. The van der Waals surface area contributed by atoms with Crippen molar-refractivity contribution in [1.29, 1.82) is 0 Å². The number of carboxylic acid groups (broad SMARTS) is 1. The van der Waals surface area contributed by atoms with Gasteiger partial charge in [-0.3, -0.25) is 4.79 Å². The third-order valence-corrected chi connectivity index (χ3v) is 3.76. The van der Waals surface area contributed by atoms with Gasteiger partial charge in [0.25, 0.3) is 0 Å². The number of hydrogen-bond acceptors (Lipinski definition) is 2. The lowest BCUT2D eigenvalue weighted by atomic mass is 10.0. The Morgan fingerprint density at radius 1 is 1.24 bits per heavy atom. The Kier molecular flexibility index (Phi) is 2.86. The first kappa shape index (κ1) is 12.0. The van der Waals surface area contributed by atoms with Crippen molar-refractivity contribution < 1.29 is 9.90 Å². The van der Waals surface area contributed by atoms with Gasteiger partial charge in [-0.25, -0.2) is 0 Å². The lowest BCUT2D eigenvalue weighted by Gasteiger charge is -2.22. The van der Waals surface area contributed by atoms with Gasteiger partial charge in [-0.2, -0.15) is 0 Å². The van der Waals surface area contributed by atoms with Crippen molar-refractivity contribution in [1.82, 2.24) is 0 Å². The van der Waals surface area contributed by atoms with Crippen LogP contribution < -0.4 is 4.90 Å². The fourth-order valence-corrected chi connectivity index (χ4v) is 2.38. The Morgan fingerprint density at radius 3 is 2.35 bits per heavy atom. The lowest BCUT2D eigenvalue weighted by Crippen LogP contribution is -2.24. The number of hydrogen-bond donors (Lipinski definition) is 1. The fourth-order valence-electron chi connectivity index (χ4n) is 2.38. The average Bonchev–Trinajstić information content (AvgIpc) is 3.02. The highest BCUT2D eigenvalue weighted by atomic mass is 16.4. The maximum Gasteiger partial charge on any atom is 0.308 e. The van der Waals surface area contributed by atoms with Crippen molar-refractivity contribution >= 4 is 11.7 Å². The summed E-state index contributed by atoms with van der Waals surface area (Å²) in [6, 6.07) is 4.48. The van der Waals surface area contributed by atoms with E-state index in [-0.39, 0.29) is 12.0 Å². The Hall–Kier alpha value is -1.51. The highest BCUT2D eigenvalue weighted by Crippen LogP contribution is 2.39. The zero-order chi connectivity index (χ0) is 12.7. The van der Waals surface area contributed by atoms with Gasteiger partial charge in [0.1, 0.15) is 0 Å². The maximum atomic E-state index is 10.9. The smallest absolute Gasteiger partial charge is 0.308 e. The minimum Gasteiger partial charge on any atom is -0.481 e. The first-order chi connectivity index (χ1) is 7.91. The largest absolute Gasteiger partial charge is 0.481 e. The van der Waals surface area contributed by atoms with Crippen LogP contribution in [0.15, 0.2) is 12.1 Å². The van der Waals surface area contributed by atoms with Gasteiger partial charge < -0.3 is 10.0 Å². The van der Waals surface area contributed by atoms with Crippen LogP contribution in [0.2, 0.25) is 0 Å². The van der Waals surface area contributed by atoms with Gasteiger partial charge in [-0.05, 0) is 49.9 Å². The number of aliphatic carboxylic acids is 1. The predicted molar refractivity (Wildman–Crippen MR) is 68.6 cm³/mol. The van der Waals surface area contributed by atoms with Gasteiger partial charge in [-0.1, -0.05) is 6.07 Å². The van der Waals surface area contributed by atoms with Crippen molar-refractivity contribution in [3.63, 3.8) is 0 Å². The molecule has 2 atom stereocenters. The van der Waals surface area contributed by atoms with E-state index < -0.39 is 5.97 Å². The van der Waals surface area contributed by atoms with Gasteiger partial charge in [0.05, 0.1) is 5.92 Å². The normalized spacial score (nSPS) is 22.4. The molecule has 2 rings (SSSR count). The molecule has 1 aromatic rings. The van der Waals surface area contributed by atoms with Crippen LogP contribution in [-0.4, -0.2) is 24.2 Å². The van der Waals surface area contributed by atoms with Gasteiger partial charge in [0.2, 0.25) is 0 Å². The number of rotatable bonds is 3. The molecule has 0 spiro atoms. The molecule has 2 unspecified atom stereocenters. The monoisotopic (exact) mass is 233 g/mol. The fraction of sp³-hybridized carbons (Fsp3) is 0.500. The summed E-state index contributed by atoms with van der Waals surface area (Å²) in [6.45, 7) is 6.27. The van der Waals surface area contributed by atoms with Crippen molar-refractivity contribution in [3.05, 3.63) is 28.8 Å². The molecule has 0 amide bonds. The van der Waals surface area contributed by atoms with Gasteiger partial charge in [0.15, 0.2) is 0 Å². The Balaban J connectivity index is 2.24. The minimum absolute atomic E-state index is 0.160. The van der Waals surface area contributed by atoms with Crippen LogP contribution in [0.5, 0.6) is 0 Å². The summed E-state index contributed by atoms with van der Waals surface area (Å²) in [7, 11) is 1.99. The molecule has 1 saturated carbocycles. The molecule has 3 heteroatoms. The lowest BCUT2D eigenvalue weighted by molar-refractivity contribution is -0.138. The van der Waals surface area contributed by atoms with E-state index >= 15 is 0 Å². The molecule has 0 aliphatic heterocycles. The summed E-state index contributed by atoms with van der Waals surface area (Å²) in [5.41, 5.74) is 4.91. The van der Waals surface area contributed by atoms with Crippen molar-refractivity contribution in [2.75, 3.05) is 11.9 Å². The highest BCUT2D eigenvalue weighted by Gasteiger charge is 2.46. The number of benzene rings is 1. The molecular formula is C14H19NO2. The Bertz CT molecular complexity index is 468. The summed E-state index contributed by atoms with van der Waals surface area (Å²) in [6.07, 6.45) is 0.762. The molecule has 0 heterocycles. The Morgan fingerprint density at radius 2 is 1.82 bits per heavy atom. The van der Waals surface area contributed by atoms with E-state index in [2.05, 4.69) is 37.8 Å². The van der Waals surface area contributed by atoms with E-state index in [4.69, 9.17) is 5.11 Å². The second-order valence-electron chi connectivity index (χ2n) is 5.08. The topological polar surface area (TPSA) is 40.5 Å². The van der Waals surface area contributed by atoms with Crippen molar-refractivity contribution in [2.24, 2.45) is 5.92 Å². The first-order valence-corrected chi connectivity index (χ1v) is 5.95. The molecule has 1 aromatic carbocycles. The van der Waals surface area contributed by atoms with Crippen LogP contribution in [0, 0.1) is 26.7 Å². The van der Waals surface area contributed by atoms with Crippen LogP contribution in [0.1, 0.15) is 23.1 Å². The molecule has 1 fully saturated rings. The van der Waals surface area contributed by atoms with E-state index in [1.54, 1.807) is 0 Å². The van der Waals surface area contributed by atoms with Crippen LogP contribution >= 0.6 is 0 Å². The molecular weight excluding hydrogens is 214 g/mol. The first-order valence-electron chi connectivity index (χ1n) is 5.95. The molecule has 0 aromatic heterocycles. The van der Waals surface area contributed by atoms with E-state index in [0.717, 1.165) is 12.1 Å². The average molecular weight is 233 g/mol. The third kappa shape index (κ3) is 2.14. The highest BCUT2D eigenvalue weighted by molar-refractivity contribution is 5.76. The molecule has 0 bridgehead atoms. The summed E-state index contributed by atoms with van der Waals surface area (Å²) < 4.78 is 0. The number of carbonyl (C=O) groups is 1. The summed E-state index contributed by atoms with van der Waals surface area (Å²) in [5, 5.41) is 8.96. The summed E-state index contributed by atoms with van der Waals surface area (Å²) >= 11 is 0. The number of anilines is 1. The second-order valence-corrected chi connectivity index (χ2v) is 5.08. The van der Waals surface area contributed by atoms with Crippen LogP contribution in [0.25, 0.3) is 0 Å². The Labute approximate surface area is 102 Å². The maximum absolute atomic E-state index is 10.9. The van der Waals surface area contributed by atoms with Gasteiger partial charge >= 0.3 is 5.97 Å².